The number of carbonyl (C=O) groups excluding carboxylic acids is 2. The van der Waals surface area contributed by atoms with Crippen molar-refractivity contribution >= 4 is 23.2 Å². The van der Waals surface area contributed by atoms with E-state index in [1.165, 1.54) is 18.6 Å². The smallest absolute Gasteiger partial charge is 0.267 e. The molecule has 1 aromatic heterocycles. The van der Waals surface area contributed by atoms with Gasteiger partial charge < -0.3 is 10.6 Å². The molecule has 0 atom stereocenters. The molecule has 1 heterocycles. The normalized spacial score (nSPS) is 10.4. The molecule has 2 N–H and O–H groups in total. The summed E-state index contributed by atoms with van der Waals surface area (Å²) in [7, 11) is 0. The maximum Gasteiger partial charge on any atom is 0.267 e. The molecule has 0 aliphatic rings. The van der Waals surface area contributed by atoms with Crippen molar-refractivity contribution in [1.29, 1.82) is 0 Å². The summed E-state index contributed by atoms with van der Waals surface area (Å²) < 4.78 is 1.14. The molecule has 3 rings (SSSR count). The van der Waals surface area contributed by atoms with Gasteiger partial charge in [0.15, 0.2) is 0 Å². The summed E-state index contributed by atoms with van der Waals surface area (Å²) in [6, 6.07) is 15.7. The molecule has 29 heavy (non-hydrogen) atoms. The summed E-state index contributed by atoms with van der Waals surface area (Å²) in [4.78, 5) is 35.6. The Kier molecular flexibility index (Phi) is 5.87. The van der Waals surface area contributed by atoms with Crippen LogP contribution >= 0.6 is 0 Å². The Morgan fingerprint density at radius 3 is 2.17 bits per heavy atom. The van der Waals surface area contributed by atoms with Gasteiger partial charge in [0, 0.05) is 29.9 Å². The zero-order valence-corrected chi connectivity index (χ0v) is 16.5. The van der Waals surface area contributed by atoms with E-state index in [1.807, 2.05) is 32.0 Å². The summed E-state index contributed by atoms with van der Waals surface area (Å²) in [6.45, 7) is 5.26. The highest BCUT2D eigenvalue weighted by atomic mass is 16.2. The van der Waals surface area contributed by atoms with Gasteiger partial charge in [0.1, 0.15) is 6.54 Å². The molecule has 0 saturated carbocycles. The number of aryl methyl sites for hydroxylation is 2. The molecule has 0 aliphatic heterocycles. The van der Waals surface area contributed by atoms with E-state index in [-0.39, 0.29) is 23.9 Å². The maximum atomic E-state index is 12.4. The topological polar surface area (TPSA) is 93.1 Å². The predicted molar refractivity (Wildman–Crippen MR) is 113 cm³/mol. The van der Waals surface area contributed by atoms with E-state index < -0.39 is 0 Å². The Hall–Kier alpha value is -3.74. The minimum absolute atomic E-state index is 0.170. The third kappa shape index (κ3) is 5.16. The molecule has 0 aliphatic carbocycles. The second kappa shape index (κ2) is 8.52. The van der Waals surface area contributed by atoms with Gasteiger partial charge in [-0.15, -0.1) is 0 Å². The SMILES string of the molecule is CC(=O)Nc1ccc(NC(=O)Cn2nc(-c3ccc(C)c(C)c3)ccc2=O)cc1. The number of benzene rings is 2. The van der Waals surface area contributed by atoms with Crippen LogP contribution in [0.5, 0.6) is 0 Å². The molecule has 0 saturated heterocycles. The standard InChI is InChI=1S/C22H22N4O3/c1-14-4-5-17(12-15(14)2)20-10-11-22(29)26(25-20)13-21(28)24-19-8-6-18(7-9-19)23-16(3)27/h4-12H,13H2,1-3H3,(H,23,27)(H,24,28). The molecule has 2 amide bonds. The van der Waals surface area contributed by atoms with E-state index in [2.05, 4.69) is 15.7 Å². The highest BCUT2D eigenvalue weighted by molar-refractivity contribution is 5.92. The number of nitrogens with zero attached hydrogens (tertiary/aromatic N) is 2. The number of rotatable bonds is 5. The number of hydrogen-bond donors (Lipinski definition) is 2. The van der Waals surface area contributed by atoms with E-state index in [1.54, 1.807) is 30.3 Å². The van der Waals surface area contributed by atoms with Crippen LogP contribution in [0.4, 0.5) is 11.4 Å². The molecular formula is C22H22N4O3. The van der Waals surface area contributed by atoms with Gasteiger partial charge in [-0.25, -0.2) is 4.68 Å². The summed E-state index contributed by atoms with van der Waals surface area (Å²) in [5, 5.41) is 9.71. The van der Waals surface area contributed by atoms with Crippen molar-refractivity contribution in [2.45, 2.75) is 27.3 Å². The van der Waals surface area contributed by atoms with E-state index in [4.69, 9.17) is 0 Å². The Morgan fingerprint density at radius 2 is 1.55 bits per heavy atom. The largest absolute Gasteiger partial charge is 0.326 e. The van der Waals surface area contributed by atoms with Crippen LogP contribution in [0.3, 0.4) is 0 Å². The number of amides is 2. The molecule has 0 unspecified atom stereocenters. The second-order valence-corrected chi connectivity index (χ2v) is 6.82. The van der Waals surface area contributed by atoms with Crippen molar-refractivity contribution < 1.29 is 9.59 Å². The second-order valence-electron chi connectivity index (χ2n) is 6.82. The summed E-state index contributed by atoms with van der Waals surface area (Å²) >= 11 is 0. The Morgan fingerprint density at radius 1 is 0.897 bits per heavy atom. The minimum atomic E-state index is -0.371. The van der Waals surface area contributed by atoms with Crippen LogP contribution in [0.25, 0.3) is 11.3 Å². The van der Waals surface area contributed by atoms with Gasteiger partial charge in [-0.05, 0) is 61.4 Å². The number of carbonyl (C=O) groups is 2. The van der Waals surface area contributed by atoms with E-state index in [0.717, 1.165) is 15.8 Å². The highest BCUT2D eigenvalue weighted by Gasteiger charge is 2.09. The van der Waals surface area contributed by atoms with Gasteiger partial charge in [0.05, 0.1) is 5.69 Å². The average molecular weight is 390 g/mol. The molecule has 148 valence electrons. The van der Waals surface area contributed by atoms with Gasteiger partial charge in [-0.3, -0.25) is 14.4 Å². The fourth-order valence-electron chi connectivity index (χ4n) is 2.79. The van der Waals surface area contributed by atoms with Crippen molar-refractivity contribution in [2.24, 2.45) is 0 Å². The Balaban J connectivity index is 1.73. The fraction of sp³-hybridized carbons (Fsp3) is 0.182. The first-order valence-corrected chi connectivity index (χ1v) is 9.15. The van der Waals surface area contributed by atoms with E-state index in [0.29, 0.717) is 17.1 Å². The zero-order valence-electron chi connectivity index (χ0n) is 16.5. The van der Waals surface area contributed by atoms with Crippen molar-refractivity contribution in [3.63, 3.8) is 0 Å². The summed E-state index contributed by atoms with van der Waals surface area (Å²) in [5.74, 6) is -0.542. The van der Waals surface area contributed by atoms with Crippen LogP contribution in [0.1, 0.15) is 18.1 Å². The molecule has 2 aromatic carbocycles. The number of nitrogens with one attached hydrogen (secondary N) is 2. The third-order valence-corrected chi connectivity index (χ3v) is 4.45. The number of hydrogen-bond acceptors (Lipinski definition) is 4. The molecule has 0 spiro atoms. The van der Waals surface area contributed by atoms with Crippen LogP contribution in [0.2, 0.25) is 0 Å². The quantitative estimate of drug-likeness (QED) is 0.700. The van der Waals surface area contributed by atoms with Crippen LogP contribution in [-0.2, 0) is 16.1 Å². The van der Waals surface area contributed by atoms with E-state index in [9.17, 15) is 14.4 Å². The van der Waals surface area contributed by atoms with Gasteiger partial charge >= 0.3 is 0 Å². The van der Waals surface area contributed by atoms with Crippen molar-refractivity contribution in [3.05, 3.63) is 76.1 Å². The zero-order chi connectivity index (χ0) is 21.0. The van der Waals surface area contributed by atoms with Gasteiger partial charge in [0.2, 0.25) is 11.8 Å². The van der Waals surface area contributed by atoms with Crippen LogP contribution in [-0.4, -0.2) is 21.6 Å². The van der Waals surface area contributed by atoms with Gasteiger partial charge in [0.25, 0.3) is 5.56 Å². The lowest BCUT2D eigenvalue weighted by atomic mass is 10.0. The first-order chi connectivity index (χ1) is 13.8. The van der Waals surface area contributed by atoms with Gasteiger partial charge in [-0.2, -0.15) is 5.10 Å². The first-order valence-electron chi connectivity index (χ1n) is 9.15. The lowest BCUT2D eigenvalue weighted by molar-refractivity contribution is -0.117. The molecule has 7 heteroatoms. The molecular weight excluding hydrogens is 368 g/mol. The Bertz CT molecular complexity index is 1120. The lowest BCUT2D eigenvalue weighted by Gasteiger charge is -2.10. The molecule has 3 aromatic rings. The first kappa shape index (κ1) is 20.0. The molecule has 7 nitrogen and oxygen atoms in total. The molecule has 0 bridgehead atoms. The van der Waals surface area contributed by atoms with Gasteiger partial charge in [-0.1, -0.05) is 12.1 Å². The number of aromatic nitrogens is 2. The van der Waals surface area contributed by atoms with Crippen LogP contribution in [0, 0.1) is 13.8 Å². The van der Waals surface area contributed by atoms with Crippen molar-refractivity contribution in [1.82, 2.24) is 9.78 Å². The van der Waals surface area contributed by atoms with Crippen molar-refractivity contribution in [2.75, 3.05) is 10.6 Å². The third-order valence-electron chi connectivity index (χ3n) is 4.45. The predicted octanol–water partition coefficient (Wildman–Crippen LogP) is 3.12. The fourth-order valence-corrected chi connectivity index (χ4v) is 2.79. The maximum absolute atomic E-state index is 12.4. The highest BCUT2D eigenvalue weighted by Crippen LogP contribution is 2.19. The Labute approximate surface area is 168 Å². The monoisotopic (exact) mass is 390 g/mol. The minimum Gasteiger partial charge on any atom is -0.326 e. The average Bonchev–Trinajstić information content (AvgIpc) is 2.67. The van der Waals surface area contributed by atoms with Crippen LogP contribution < -0.4 is 16.2 Å². The van der Waals surface area contributed by atoms with Crippen LogP contribution in [0.15, 0.2) is 59.4 Å². The number of anilines is 2. The lowest BCUT2D eigenvalue weighted by Crippen LogP contribution is -2.29. The molecule has 0 fully saturated rings. The van der Waals surface area contributed by atoms with Crippen molar-refractivity contribution in [3.8, 4) is 11.3 Å². The van der Waals surface area contributed by atoms with E-state index >= 15 is 0 Å². The molecule has 0 radical (unpaired) electrons. The summed E-state index contributed by atoms with van der Waals surface area (Å²) in [6.07, 6.45) is 0. The summed E-state index contributed by atoms with van der Waals surface area (Å²) in [5.41, 5.74) is 4.65.